The first-order valence-electron chi connectivity index (χ1n) is 12.5. The first kappa shape index (κ1) is 26.3. The van der Waals surface area contributed by atoms with Gasteiger partial charge in [0, 0.05) is 41.4 Å². The molecule has 0 bridgehead atoms. The molecule has 1 N–H and O–H groups in total. The van der Waals surface area contributed by atoms with E-state index in [-0.39, 0.29) is 40.9 Å². The molecule has 2 aliphatic heterocycles. The largest absolute Gasteiger partial charge is 0.478 e. The molecule has 1 aromatic heterocycles. The number of carbonyl (C=O) groups is 2. The van der Waals surface area contributed by atoms with E-state index in [2.05, 4.69) is 4.98 Å². The zero-order chi connectivity index (χ0) is 28.0. The van der Waals surface area contributed by atoms with Gasteiger partial charge in [-0.1, -0.05) is 47.5 Å². The second-order valence-electron chi connectivity index (χ2n) is 9.47. The van der Waals surface area contributed by atoms with Crippen LogP contribution < -0.4 is 9.64 Å². The van der Waals surface area contributed by atoms with Crippen LogP contribution in [0.25, 0.3) is 22.0 Å². The molecule has 4 aromatic rings. The average molecular weight is 582 g/mol. The highest BCUT2D eigenvalue weighted by Gasteiger charge is 2.29. The number of aromatic nitrogens is 1. The lowest BCUT2D eigenvalue weighted by Crippen LogP contribution is -2.37. The molecule has 6 rings (SSSR count). The Balaban J connectivity index is 1.36. The van der Waals surface area contributed by atoms with Crippen LogP contribution in [-0.2, 0) is 11.3 Å². The molecule has 3 aromatic carbocycles. The summed E-state index contributed by atoms with van der Waals surface area (Å²) >= 11 is 12.5. The molecular formula is C29H22Cl2FN3O5. The van der Waals surface area contributed by atoms with E-state index in [0.29, 0.717) is 64.8 Å². The van der Waals surface area contributed by atoms with Crippen LogP contribution in [0.3, 0.4) is 0 Å². The molecule has 0 spiro atoms. The van der Waals surface area contributed by atoms with Gasteiger partial charge in [0.25, 0.3) is 5.91 Å². The van der Waals surface area contributed by atoms with Crippen LogP contribution in [0.5, 0.6) is 5.75 Å². The molecule has 1 amide bonds. The smallest absolute Gasteiger partial charge is 0.337 e. The third-order valence-corrected chi connectivity index (χ3v) is 7.57. The van der Waals surface area contributed by atoms with Crippen molar-refractivity contribution in [1.29, 1.82) is 0 Å². The third-order valence-electron chi connectivity index (χ3n) is 7.05. The third kappa shape index (κ3) is 4.70. The van der Waals surface area contributed by atoms with E-state index in [1.807, 2.05) is 4.90 Å². The Morgan fingerprint density at radius 2 is 1.82 bits per heavy atom. The van der Waals surface area contributed by atoms with Crippen LogP contribution in [0.4, 0.5) is 10.1 Å². The monoisotopic (exact) mass is 581 g/mol. The highest BCUT2D eigenvalue weighted by atomic mass is 35.5. The van der Waals surface area contributed by atoms with Gasteiger partial charge in [-0.25, -0.2) is 9.18 Å². The molecule has 11 heteroatoms. The number of fused-ring (bicyclic) bond motifs is 2. The van der Waals surface area contributed by atoms with Crippen molar-refractivity contribution in [3.63, 3.8) is 0 Å². The Hall–Kier alpha value is -3.92. The molecule has 0 aliphatic carbocycles. The molecule has 1 saturated heterocycles. The maximum Gasteiger partial charge on any atom is 0.337 e. The number of rotatable bonds is 4. The van der Waals surface area contributed by atoms with Gasteiger partial charge in [0.2, 0.25) is 0 Å². The summed E-state index contributed by atoms with van der Waals surface area (Å²) in [5.74, 6) is -1.84. The summed E-state index contributed by atoms with van der Waals surface area (Å²) in [5.41, 5.74) is 2.30. The van der Waals surface area contributed by atoms with Crippen molar-refractivity contribution in [3.05, 3.63) is 87.3 Å². The summed E-state index contributed by atoms with van der Waals surface area (Å²) < 4.78 is 26.9. The Kier molecular flexibility index (Phi) is 6.95. The number of morpholine rings is 1. The number of carboxylic acids is 1. The number of aromatic carboxylic acids is 1. The molecule has 204 valence electrons. The van der Waals surface area contributed by atoms with Gasteiger partial charge >= 0.3 is 5.97 Å². The second-order valence-corrected chi connectivity index (χ2v) is 10.3. The van der Waals surface area contributed by atoms with Crippen molar-refractivity contribution in [2.45, 2.75) is 6.54 Å². The minimum atomic E-state index is -1.21. The molecular weight excluding hydrogens is 560 g/mol. The number of benzene rings is 3. The van der Waals surface area contributed by atoms with Crippen molar-refractivity contribution < 1.29 is 28.6 Å². The average Bonchev–Trinajstić information content (AvgIpc) is 2.96. The van der Waals surface area contributed by atoms with E-state index in [0.717, 1.165) is 6.07 Å². The Morgan fingerprint density at radius 1 is 1.02 bits per heavy atom. The van der Waals surface area contributed by atoms with Gasteiger partial charge in [0.05, 0.1) is 52.1 Å². The van der Waals surface area contributed by atoms with Crippen molar-refractivity contribution >= 4 is 51.7 Å². The number of carbonyl (C=O) groups excluding carboxylic acids is 1. The van der Waals surface area contributed by atoms with Crippen molar-refractivity contribution in [2.24, 2.45) is 0 Å². The molecule has 2 aliphatic rings. The van der Waals surface area contributed by atoms with Crippen molar-refractivity contribution in [2.75, 3.05) is 37.9 Å². The Labute approximate surface area is 238 Å². The number of amides is 1. The van der Waals surface area contributed by atoms with Crippen LogP contribution in [0.15, 0.2) is 54.7 Å². The summed E-state index contributed by atoms with van der Waals surface area (Å²) in [6, 6.07) is 12.9. The van der Waals surface area contributed by atoms with Crippen LogP contribution >= 0.6 is 23.2 Å². The van der Waals surface area contributed by atoms with Gasteiger partial charge in [0.1, 0.15) is 11.6 Å². The first-order valence-corrected chi connectivity index (χ1v) is 13.2. The highest BCUT2D eigenvalue weighted by Crippen LogP contribution is 2.40. The highest BCUT2D eigenvalue weighted by molar-refractivity contribution is 6.36. The topological polar surface area (TPSA) is 92.2 Å². The van der Waals surface area contributed by atoms with Crippen LogP contribution in [0, 0.1) is 5.82 Å². The van der Waals surface area contributed by atoms with E-state index >= 15 is 4.39 Å². The van der Waals surface area contributed by atoms with Gasteiger partial charge < -0.3 is 24.4 Å². The fraction of sp³-hybridized carbons (Fsp3) is 0.207. The number of hydrogen-bond donors (Lipinski definition) is 1. The molecule has 3 heterocycles. The summed E-state index contributed by atoms with van der Waals surface area (Å²) in [5, 5.41) is 11.1. The van der Waals surface area contributed by atoms with Gasteiger partial charge in [-0.2, -0.15) is 0 Å². The van der Waals surface area contributed by atoms with E-state index in [1.54, 1.807) is 42.5 Å². The zero-order valence-electron chi connectivity index (χ0n) is 21.0. The summed E-state index contributed by atoms with van der Waals surface area (Å²) in [4.78, 5) is 33.2. The lowest BCUT2D eigenvalue weighted by Gasteiger charge is -2.32. The lowest BCUT2D eigenvalue weighted by atomic mass is 9.97. The number of halogens is 3. The quantitative estimate of drug-likeness (QED) is 0.322. The number of para-hydroxylation sites is 1. The van der Waals surface area contributed by atoms with E-state index in [4.69, 9.17) is 32.7 Å². The fourth-order valence-electron chi connectivity index (χ4n) is 5.13. The van der Waals surface area contributed by atoms with Crippen LogP contribution in [0.1, 0.15) is 26.3 Å². The minimum Gasteiger partial charge on any atom is -0.478 e. The summed E-state index contributed by atoms with van der Waals surface area (Å²) in [6.07, 6.45) is 1.46. The lowest BCUT2D eigenvalue weighted by molar-refractivity contribution is 0.0517. The number of pyridine rings is 1. The number of anilines is 1. The molecule has 0 unspecified atom stereocenters. The van der Waals surface area contributed by atoms with E-state index < -0.39 is 11.8 Å². The summed E-state index contributed by atoms with van der Waals surface area (Å²) in [6.45, 7) is 1.96. The number of nitrogens with zero attached hydrogens (tertiary/aromatic N) is 3. The van der Waals surface area contributed by atoms with E-state index in [1.165, 1.54) is 11.1 Å². The van der Waals surface area contributed by atoms with Gasteiger partial charge in [-0.3, -0.25) is 9.78 Å². The summed E-state index contributed by atoms with van der Waals surface area (Å²) in [7, 11) is 0. The number of carboxylic acid groups (broad SMARTS) is 1. The predicted molar refractivity (Wildman–Crippen MR) is 149 cm³/mol. The van der Waals surface area contributed by atoms with E-state index in [9.17, 15) is 14.7 Å². The fourth-order valence-corrected chi connectivity index (χ4v) is 5.53. The van der Waals surface area contributed by atoms with Crippen LogP contribution in [-0.4, -0.2) is 59.9 Å². The molecule has 0 saturated carbocycles. The van der Waals surface area contributed by atoms with Gasteiger partial charge in [-0.05, 0) is 24.3 Å². The predicted octanol–water partition coefficient (Wildman–Crippen LogP) is 5.87. The molecule has 0 atom stereocenters. The molecule has 1 fully saturated rings. The van der Waals surface area contributed by atoms with Gasteiger partial charge in [0.15, 0.2) is 6.73 Å². The maximum atomic E-state index is 15.4. The first-order chi connectivity index (χ1) is 19.3. The van der Waals surface area contributed by atoms with Crippen LogP contribution in [0.2, 0.25) is 10.0 Å². The SMILES string of the molecule is O=C(O)c1cc(F)c(-c2cccc3c2OCN(C(=O)c2c(Cl)ccc4cc(Cl)cnc24)C3)cc1N1CCOCC1. The number of ether oxygens (including phenoxy) is 2. The second kappa shape index (κ2) is 10.6. The minimum absolute atomic E-state index is 0.103. The molecule has 8 nitrogen and oxygen atoms in total. The Bertz CT molecular complexity index is 1680. The standard InChI is InChI=1S/C29H22Cl2FN3O5/c30-18-10-16-4-5-22(31)25(26(16)33-13-18)28(36)35-14-17-2-1-3-19(27(17)40-15-35)20-12-24(34-6-8-39-9-7-34)21(29(37)38)11-23(20)32/h1-5,10-13H,6-9,14-15H2,(H,37,38). The van der Waals surface area contributed by atoms with Crippen molar-refractivity contribution in [1.82, 2.24) is 9.88 Å². The number of hydrogen-bond acceptors (Lipinski definition) is 6. The molecule has 40 heavy (non-hydrogen) atoms. The normalized spacial score (nSPS) is 15.1. The zero-order valence-corrected chi connectivity index (χ0v) is 22.5. The Morgan fingerprint density at radius 3 is 2.60 bits per heavy atom. The molecule has 0 radical (unpaired) electrons. The maximum absolute atomic E-state index is 15.4. The van der Waals surface area contributed by atoms with Crippen molar-refractivity contribution in [3.8, 4) is 16.9 Å². The van der Waals surface area contributed by atoms with Gasteiger partial charge in [-0.15, -0.1) is 0 Å².